The molecule has 0 aliphatic heterocycles. The summed E-state index contributed by atoms with van der Waals surface area (Å²) in [6.07, 6.45) is 1.58. The molecule has 0 radical (unpaired) electrons. The third-order valence-electron chi connectivity index (χ3n) is 3.57. The quantitative estimate of drug-likeness (QED) is 0.767. The molecule has 23 heavy (non-hydrogen) atoms. The lowest BCUT2D eigenvalue weighted by molar-refractivity contribution is 0.533. The first-order valence-electron chi connectivity index (χ1n) is 7.07. The van der Waals surface area contributed by atoms with Gasteiger partial charge in [-0.3, -0.25) is 9.82 Å². The monoisotopic (exact) mass is 331 g/mol. The fourth-order valence-corrected chi connectivity index (χ4v) is 3.61. The number of aryl methyl sites for hydroxylation is 3. The molecule has 0 atom stereocenters. The van der Waals surface area contributed by atoms with Gasteiger partial charge in [-0.25, -0.2) is 8.42 Å². The molecular formula is C16H17N3O3S. The van der Waals surface area contributed by atoms with Crippen molar-refractivity contribution in [2.45, 2.75) is 25.7 Å². The van der Waals surface area contributed by atoms with E-state index in [2.05, 4.69) is 14.9 Å². The smallest absolute Gasteiger partial charge is 0.265 e. The second kappa shape index (κ2) is 5.58. The Morgan fingerprint density at radius 3 is 2.61 bits per heavy atom. The van der Waals surface area contributed by atoms with E-state index in [4.69, 9.17) is 4.42 Å². The molecular weight excluding hydrogens is 314 g/mol. The molecule has 0 saturated carbocycles. The number of H-pyrrole nitrogens is 1. The Balaban J connectivity index is 1.98. The van der Waals surface area contributed by atoms with Crippen molar-refractivity contribution in [3.63, 3.8) is 0 Å². The molecule has 0 aliphatic rings. The van der Waals surface area contributed by atoms with E-state index in [9.17, 15) is 8.42 Å². The number of aromatic amines is 1. The lowest BCUT2D eigenvalue weighted by Crippen LogP contribution is -2.14. The highest BCUT2D eigenvalue weighted by atomic mass is 32.2. The van der Waals surface area contributed by atoms with Crippen LogP contribution >= 0.6 is 0 Å². The SMILES string of the molecule is Cc1ccc(C)c(NS(=O)(=O)c2cc(-c3ccn[nH]3)oc2C)c1. The van der Waals surface area contributed by atoms with Crippen LogP contribution < -0.4 is 4.72 Å². The number of sulfonamides is 1. The van der Waals surface area contributed by atoms with Crippen LogP contribution in [0.4, 0.5) is 5.69 Å². The van der Waals surface area contributed by atoms with Gasteiger partial charge in [-0.1, -0.05) is 12.1 Å². The van der Waals surface area contributed by atoms with Crippen molar-refractivity contribution >= 4 is 15.7 Å². The average molecular weight is 331 g/mol. The molecule has 2 N–H and O–H groups in total. The van der Waals surface area contributed by atoms with Gasteiger partial charge in [-0.2, -0.15) is 5.10 Å². The van der Waals surface area contributed by atoms with Crippen molar-refractivity contribution in [3.8, 4) is 11.5 Å². The van der Waals surface area contributed by atoms with Crippen LogP contribution in [0.25, 0.3) is 11.5 Å². The fraction of sp³-hybridized carbons (Fsp3) is 0.188. The first-order chi connectivity index (χ1) is 10.9. The van der Waals surface area contributed by atoms with Gasteiger partial charge >= 0.3 is 0 Å². The lowest BCUT2D eigenvalue weighted by atomic mass is 10.1. The van der Waals surface area contributed by atoms with Crippen LogP contribution in [0.15, 0.2) is 45.8 Å². The number of nitrogens with zero attached hydrogens (tertiary/aromatic N) is 1. The topological polar surface area (TPSA) is 88.0 Å². The molecule has 0 amide bonds. The van der Waals surface area contributed by atoms with Crippen molar-refractivity contribution < 1.29 is 12.8 Å². The van der Waals surface area contributed by atoms with Crippen LogP contribution in [0, 0.1) is 20.8 Å². The Morgan fingerprint density at radius 1 is 1.13 bits per heavy atom. The predicted octanol–water partition coefficient (Wildman–Crippen LogP) is 3.40. The Hall–Kier alpha value is -2.54. The molecule has 0 bridgehead atoms. The van der Waals surface area contributed by atoms with E-state index in [1.54, 1.807) is 25.3 Å². The minimum absolute atomic E-state index is 0.114. The summed E-state index contributed by atoms with van der Waals surface area (Å²) in [7, 11) is -3.73. The van der Waals surface area contributed by atoms with Gasteiger partial charge in [-0.05, 0) is 44.0 Å². The van der Waals surface area contributed by atoms with Crippen LogP contribution in [0.2, 0.25) is 0 Å². The minimum Gasteiger partial charge on any atom is -0.458 e. The Labute approximate surface area is 134 Å². The van der Waals surface area contributed by atoms with Crippen molar-refractivity contribution in [3.05, 3.63) is 53.4 Å². The zero-order valence-electron chi connectivity index (χ0n) is 13.0. The molecule has 7 heteroatoms. The summed E-state index contributed by atoms with van der Waals surface area (Å²) in [5.41, 5.74) is 3.03. The molecule has 0 unspecified atom stereocenters. The van der Waals surface area contributed by atoms with Gasteiger partial charge in [0.05, 0.1) is 5.69 Å². The number of anilines is 1. The highest BCUT2D eigenvalue weighted by Gasteiger charge is 2.23. The van der Waals surface area contributed by atoms with Gasteiger partial charge in [-0.15, -0.1) is 0 Å². The summed E-state index contributed by atoms with van der Waals surface area (Å²) in [6, 6.07) is 8.83. The number of benzene rings is 1. The van der Waals surface area contributed by atoms with Crippen LogP contribution in [0.1, 0.15) is 16.9 Å². The van der Waals surface area contributed by atoms with Crippen LogP contribution in [-0.2, 0) is 10.0 Å². The molecule has 6 nitrogen and oxygen atoms in total. The molecule has 0 spiro atoms. The second-order valence-corrected chi connectivity index (χ2v) is 7.08. The van der Waals surface area contributed by atoms with E-state index in [1.165, 1.54) is 6.07 Å². The minimum atomic E-state index is -3.73. The number of aromatic nitrogens is 2. The Bertz CT molecular complexity index is 941. The molecule has 1 aromatic carbocycles. The van der Waals surface area contributed by atoms with Gasteiger partial charge < -0.3 is 4.42 Å². The molecule has 3 aromatic rings. The van der Waals surface area contributed by atoms with Gasteiger partial charge in [0.15, 0.2) is 5.76 Å². The van der Waals surface area contributed by atoms with Crippen molar-refractivity contribution in [2.24, 2.45) is 0 Å². The van der Waals surface area contributed by atoms with E-state index in [1.807, 2.05) is 26.0 Å². The van der Waals surface area contributed by atoms with Crippen molar-refractivity contribution in [1.29, 1.82) is 0 Å². The lowest BCUT2D eigenvalue weighted by Gasteiger charge is -2.10. The fourth-order valence-electron chi connectivity index (χ4n) is 2.30. The standard InChI is InChI=1S/C16H17N3O3S/c1-10-4-5-11(2)14(8-10)19-23(20,21)16-9-15(22-12(16)3)13-6-7-17-18-13/h4-9,19H,1-3H3,(H,17,18). The highest BCUT2D eigenvalue weighted by molar-refractivity contribution is 7.92. The van der Waals surface area contributed by atoms with Gasteiger partial charge in [0.1, 0.15) is 16.3 Å². The van der Waals surface area contributed by atoms with Gasteiger partial charge in [0.25, 0.3) is 10.0 Å². The van der Waals surface area contributed by atoms with E-state index < -0.39 is 10.0 Å². The van der Waals surface area contributed by atoms with Crippen LogP contribution in [0.5, 0.6) is 0 Å². The number of rotatable bonds is 4. The summed E-state index contributed by atoms with van der Waals surface area (Å²) in [5, 5.41) is 6.59. The summed E-state index contributed by atoms with van der Waals surface area (Å²) in [4.78, 5) is 0.114. The zero-order chi connectivity index (χ0) is 16.6. The van der Waals surface area contributed by atoms with E-state index in [0.29, 0.717) is 22.9 Å². The van der Waals surface area contributed by atoms with E-state index in [-0.39, 0.29) is 4.90 Å². The Kier molecular flexibility index (Phi) is 3.73. The second-order valence-electron chi connectivity index (χ2n) is 5.43. The van der Waals surface area contributed by atoms with Crippen LogP contribution in [-0.4, -0.2) is 18.6 Å². The number of hydrogen-bond acceptors (Lipinski definition) is 4. The molecule has 0 aliphatic carbocycles. The molecule has 120 valence electrons. The molecule has 2 aromatic heterocycles. The number of hydrogen-bond donors (Lipinski definition) is 2. The number of furan rings is 1. The first-order valence-corrected chi connectivity index (χ1v) is 8.55. The normalized spacial score (nSPS) is 11.6. The van der Waals surface area contributed by atoms with Crippen molar-refractivity contribution in [1.82, 2.24) is 10.2 Å². The third-order valence-corrected chi connectivity index (χ3v) is 5.04. The zero-order valence-corrected chi connectivity index (χ0v) is 13.9. The Morgan fingerprint density at radius 2 is 1.91 bits per heavy atom. The summed E-state index contributed by atoms with van der Waals surface area (Å²) in [5.74, 6) is 0.758. The van der Waals surface area contributed by atoms with Gasteiger partial charge in [0, 0.05) is 12.3 Å². The van der Waals surface area contributed by atoms with Crippen molar-refractivity contribution in [2.75, 3.05) is 4.72 Å². The summed E-state index contributed by atoms with van der Waals surface area (Å²) < 4.78 is 33.5. The van der Waals surface area contributed by atoms with E-state index >= 15 is 0 Å². The maximum Gasteiger partial charge on any atom is 0.265 e. The summed E-state index contributed by atoms with van der Waals surface area (Å²) >= 11 is 0. The first kappa shape index (κ1) is 15.4. The number of nitrogens with one attached hydrogen (secondary N) is 2. The molecule has 0 fully saturated rings. The highest BCUT2D eigenvalue weighted by Crippen LogP contribution is 2.29. The molecule has 2 heterocycles. The largest absolute Gasteiger partial charge is 0.458 e. The third kappa shape index (κ3) is 3.00. The maximum absolute atomic E-state index is 12.7. The average Bonchev–Trinajstić information content (AvgIpc) is 3.11. The summed E-state index contributed by atoms with van der Waals surface area (Å²) in [6.45, 7) is 5.39. The molecule has 0 saturated heterocycles. The van der Waals surface area contributed by atoms with Crippen LogP contribution in [0.3, 0.4) is 0 Å². The van der Waals surface area contributed by atoms with Gasteiger partial charge in [0.2, 0.25) is 0 Å². The van der Waals surface area contributed by atoms with E-state index in [0.717, 1.165) is 11.1 Å². The molecule has 3 rings (SSSR count). The predicted molar refractivity (Wildman–Crippen MR) is 87.8 cm³/mol. The maximum atomic E-state index is 12.7.